The van der Waals surface area contributed by atoms with E-state index in [0.717, 1.165) is 30.2 Å². The van der Waals surface area contributed by atoms with Gasteiger partial charge in [-0.15, -0.1) is 0 Å². The van der Waals surface area contributed by atoms with Crippen molar-refractivity contribution < 1.29 is 9.52 Å². The number of nitrogens with one attached hydrogen (secondary N) is 1. The van der Waals surface area contributed by atoms with E-state index < -0.39 is 0 Å². The van der Waals surface area contributed by atoms with E-state index in [1.54, 1.807) is 6.26 Å². The summed E-state index contributed by atoms with van der Waals surface area (Å²) in [6.07, 6.45) is 1.71. The van der Waals surface area contributed by atoms with Crippen LogP contribution >= 0.6 is 0 Å². The molecule has 2 N–H and O–H groups in total. The van der Waals surface area contributed by atoms with Crippen molar-refractivity contribution in [3.05, 3.63) is 41.1 Å². The quantitative estimate of drug-likeness (QED) is 0.773. The molecule has 0 aliphatic carbocycles. The minimum atomic E-state index is 0.107. The van der Waals surface area contributed by atoms with Gasteiger partial charge in [-0.25, -0.2) is 0 Å². The molecule has 0 saturated heterocycles. The van der Waals surface area contributed by atoms with Crippen LogP contribution in [0.4, 0.5) is 0 Å². The Kier molecular flexibility index (Phi) is 5.76. The second kappa shape index (κ2) is 7.58. The van der Waals surface area contributed by atoms with E-state index >= 15 is 0 Å². The van der Waals surface area contributed by atoms with Gasteiger partial charge in [0.15, 0.2) is 0 Å². The summed E-state index contributed by atoms with van der Waals surface area (Å²) in [6, 6.07) is 4.12. The Balaban J connectivity index is 1.98. The second-order valence-corrected chi connectivity index (χ2v) is 5.72. The van der Waals surface area contributed by atoms with E-state index in [1.165, 1.54) is 5.56 Å². The highest BCUT2D eigenvalue weighted by Crippen LogP contribution is 2.18. The third kappa shape index (κ3) is 3.76. The summed E-state index contributed by atoms with van der Waals surface area (Å²) < 4.78 is 7.38. The normalized spacial score (nSPS) is 13.0. The lowest BCUT2D eigenvalue weighted by atomic mass is 10.1. The number of hydrogen-bond donors (Lipinski definition) is 2. The van der Waals surface area contributed by atoms with E-state index in [-0.39, 0.29) is 12.6 Å². The maximum atomic E-state index is 9.07. The molecule has 0 aliphatic heterocycles. The zero-order valence-corrected chi connectivity index (χ0v) is 13.8. The Bertz CT molecular complexity index is 575. The van der Waals surface area contributed by atoms with Gasteiger partial charge in [0.2, 0.25) is 0 Å². The molecule has 0 radical (unpaired) electrons. The van der Waals surface area contributed by atoms with Crippen molar-refractivity contribution in [1.82, 2.24) is 20.0 Å². The molecule has 2 rings (SSSR count). The molecule has 0 fully saturated rings. The van der Waals surface area contributed by atoms with Gasteiger partial charge in [-0.1, -0.05) is 0 Å². The van der Waals surface area contributed by atoms with Gasteiger partial charge in [0.25, 0.3) is 0 Å². The molecular weight excluding hydrogens is 280 g/mol. The first-order valence-electron chi connectivity index (χ1n) is 7.59. The van der Waals surface area contributed by atoms with Gasteiger partial charge in [0.05, 0.1) is 31.2 Å². The molecule has 0 bridgehead atoms. The summed E-state index contributed by atoms with van der Waals surface area (Å²) in [4.78, 5) is 2.14. The molecule has 2 aromatic rings. The summed E-state index contributed by atoms with van der Waals surface area (Å²) in [5.41, 5.74) is 3.32. The molecular formula is C16H26N4O2. The third-order valence-corrected chi connectivity index (χ3v) is 3.98. The Labute approximate surface area is 131 Å². The van der Waals surface area contributed by atoms with Crippen LogP contribution in [-0.4, -0.2) is 47.0 Å². The first kappa shape index (κ1) is 16.7. The van der Waals surface area contributed by atoms with Crippen LogP contribution in [0.15, 0.2) is 22.8 Å². The Morgan fingerprint density at radius 1 is 1.41 bits per heavy atom. The molecule has 0 aromatic carbocycles. The lowest BCUT2D eigenvalue weighted by Gasteiger charge is -2.22. The largest absolute Gasteiger partial charge is 0.468 e. The maximum absolute atomic E-state index is 9.07. The molecule has 122 valence electrons. The van der Waals surface area contributed by atoms with E-state index in [9.17, 15) is 0 Å². The number of aliphatic hydroxyl groups is 1. The smallest absolute Gasteiger partial charge is 0.122 e. The number of aliphatic hydroxyl groups excluding tert-OH is 1. The van der Waals surface area contributed by atoms with Gasteiger partial charge in [-0.05, 0) is 40.1 Å². The highest BCUT2D eigenvalue weighted by atomic mass is 16.3. The Hall–Kier alpha value is -1.63. The van der Waals surface area contributed by atoms with Crippen LogP contribution in [0.25, 0.3) is 0 Å². The topological polar surface area (TPSA) is 66.5 Å². The SMILES string of the molecule is Cc1nn(CCO)c(C)c1CNCC(c1ccco1)N(C)C. The van der Waals surface area contributed by atoms with E-state index in [2.05, 4.69) is 15.3 Å². The van der Waals surface area contributed by atoms with Crippen molar-refractivity contribution >= 4 is 0 Å². The zero-order chi connectivity index (χ0) is 16.1. The Morgan fingerprint density at radius 2 is 2.18 bits per heavy atom. The van der Waals surface area contributed by atoms with Crippen molar-refractivity contribution in [2.75, 3.05) is 27.2 Å². The van der Waals surface area contributed by atoms with Crippen LogP contribution in [-0.2, 0) is 13.1 Å². The fourth-order valence-electron chi connectivity index (χ4n) is 2.65. The number of aryl methyl sites for hydroxylation is 1. The predicted molar refractivity (Wildman–Crippen MR) is 85.6 cm³/mol. The van der Waals surface area contributed by atoms with Crippen LogP contribution in [0.5, 0.6) is 0 Å². The monoisotopic (exact) mass is 306 g/mol. The highest BCUT2D eigenvalue weighted by Gasteiger charge is 2.17. The average molecular weight is 306 g/mol. The van der Waals surface area contributed by atoms with Crippen LogP contribution in [0.1, 0.15) is 28.8 Å². The number of rotatable bonds is 8. The van der Waals surface area contributed by atoms with Crippen molar-refractivity contribution in [3.63, 3.8) is 0 Å². The fourth-order valence-corrected chi connectivity index (χ4v) is 2.65. The summed E-state index contributed by atoms with van der Waals surface area (Å²) in [6.45, 7) is 6.25. The van der Waals surface area contributed by atoms with Crippen molar-refractivity contribution in [2.45, 2.75) is 33.0 Å². The first-order chi connectivity index (χ1) is 10.5. The molecule has 6 nitrogen and oxygen atoms in total. The minimum Gasteiger partial charge on any atom is -0.468 e. The molecule has 2 heterocycles. The molecule has 0 amide bonds. The maximum Gasteiger partial charge on any atom is 0.122 e. The molecule has 0 spiro atoms. The average Bonchev–Trinajstić information content (AvgIpc) is 3.07. The molecule has 2 aromatic heterocycles. The summed E-state index contributed by atoms with van der Waals surface area (Å²) in [5, 5.41) is 17.0. The van der Waals surface area contributed by atoms with Crippen molar-refractivity contribution in [1.29, 1.82) is 0 Å². The number of nitrogens with zero attached hydrogens (tertiary/aromatic N) is 3. The molecule has 6 heteroatoms. The third-order valence-electron chi connectivity index (χ3n) is 3.98. The van der Waals surface area contributed by atoms with Gasteiger partial charge in [-0.3, -0.25) is 9.58 Å². The van der Waals surface area contributed by atoms with Gasteiger partial charge >= 0.3 is 0 Å². The van der Waals surface area contributed by atoms with E-state index in [1.807, 2.05) is 44.8 Å². The van der Waals surface area contributed by atoms with Crippen molar-refractivity contribution in [3.8, 4) is 0 Å². The van der Waals surface area contributed by atoms with Crippen LogP contribution in [0.2, 0.25) is 0 Å². The van der Waals surface area contributed by atoms with Crippen LogP contribution in [0, 0.1) is 13.8 Å². The first-order valence-corrected chi connectivity index (χ1v) is 7.59. The Morgan fingerprint density at radius 3 is 2.77 bits per heavy atom. The second-order valence-electron chi connectivity index (χ2n) is 5.72. The summed E-state index contributed by atoms with van der Waals surface area (Å²) in [5.74, 6) is 0.960. The van der Waals surface area contributed by atoms with E-state index in [0.29, 0.717) is 6.54 Å². The van der Waals surface area contributed by atoms with Gasteiger partial charge in [0.1, 0.15) is 5.76 Å². The number of aromatic nitrogens is 2. The fraction of sp³-hybridized carbons (Fsp3) is 0.562. The summed E-state index contributed by atoms with van der Waals surface area (Å²) in [7, 11) is 4.09. The number of furan rings is 1. The van der Waals surface area contributed by atoms with Crippen LogP contribution < -0.4 is 5.32 Å². The van der Waals surface area contributed by atoms with Crippen LogP contribution in [0.3, 0.4) is 0 Å². The standard InChI is InChI=1S/C16H26N4O2/c1-12-14(13(2)20(18-12)7-8-21)10-17-11-15(19(3)4)16-6-5-9-22-16/h5-6,9,15,17,21H,7-8,10-11H2,1-4H3. The summed E-state index contributed by atoms with van der Waals surface area (Å²) >= 11 is 0. The molecule has 0 saturated carbocycles. The van der Waals surface area contributed by atoms with Crippen molar-refractivity contribution in [2.24, 2.45) is 0 Å². The molecule has 1 atom stereocenters. The molecule has 0 aliphatic rings. The lowest BCUT2D eigenvalue weighted by molar-refractivity contribution is 0.250. The van der Waals surface area contributed by atoms with E-state index in [4.69, 9.17) is 9.52 Å². The van der Waals surface area contributed by atoms with Gasteiger partial charge in [-0.2, -0.15) is 5.10 Å². The highest BCUT2D eigenvalue weighted by molar-refractivity contribution is 5.24. The zero-order valence-electron chi connectivity index (χ0n) is 13.8. The predicted octanol–water partition coefficient (Wildman–Crippen LogP) is 1.48. The molecule has 22 heavy (non-hydrogen) atoms. The lowest BCUT2D eigenvalue weighted by Crippen LogP contribution is -2.30. The van der Waals surface area contributed by atoms with Gasteiger partial charge < -0.3 is 14.8 Å². The number of likely N-dealkylation sites (N-methyl/N-ethyl adjacent to an activating group) is 1. The number of hydrogen-bond acceptors (Lipinski definition) is 5. The van der Waals surface area contributed by atoms with Gasteiger partial charge in [0, 0.05) is 24.3 Å². The minimum absolute atomic E-state index is 0.107. The molecule has 1 unspecified atom stereocenters.